The van der Waals surface area contributed by atoms with Gasteiger partial charge in [-0.05, 0) is 31.2 Å². The van der Waals surface area contributed by atoms with Crippen LogP contribution < -0.4 is 4.74 Å². The predicted molar refractivity (Wildman–Crippen MR) is 87.3 cm³/mol. The summed E-state index contributed by atoms with van der Waals surface area (Å²) in [7, 11) is 1.56. The Morgan fingerprint density at radius 3 is 2.82 bits per heavy atom. The van der Waals surface area contributed by atoms with Gasteiger partial charge >= 0.3 is 0 Å². The maximum absolute atomic E-state index is 9.97. The Balaban J connectivity index is 1.99. The topological polar surface area (TPSA) is 59.6 Å². The van der Waals surface area contributed by atoms with E-state index in [9.17, 15) is 5.11 Å². The van der Waals surface area contributed by atoms with Gasteiger partial charge in [-0.25, -0.2) is 9.98 Å². The first-order valence-corrected chi connectivity index (χ1v) is 7.09. The van der Waals surface area contributed by atoms with Crippen LogP contribution >= 0.6 is 0 Å². The first-order chi connectivity index (χ1) is 10.7. The minimum absolute atomic E-state index is 0.127. The molecule has 22 heavy (non-hydrogen) atoms. The van der Waals surface area contributed by atoms with E-state index >= 15 is 0 Å². The molecular formula is C17H17N3O2. The summed E-state index contributed by atoms with van der Waals surface area (Å²) in [5, 5.41) is 9.97. The van der Waals surface area contributed by atoms with Crippen LogP contribution in [0.25, 0.3) is 11.0 Å². The number of aliphatic imine (C=N–C) groups is 1. The second-order valence-corrected chi connectivity index (χ2v) is 4.83. The molecule has 1 heterocycles. The van der Waals surface area contributed by atoms with Gasteiger partial charge in [-0.2, -0.15) is 0 Å². The van der Waals surface area contributed by atoms with Crippen molar-refractivity contribution in [3.63, 3.8) is 0 Å². The molecule has 0 bridgehead atoms. The molecule has 5 nitrogen and oxygen atoms in total. The van der Waals surface area contributed by atoms with Crippen molar-refractivity contribution in [1.29, 1.82) is 0 Å². The monoisotopic (exact) mass is 295 g/mol. The lowest BCUT2D eigenvalue weighted by molar-refractivity contribution is 0.407. The molecule has 3 rings (SSSR count). The van der Waals surface area contributed by atoms with E-state index in [0.717, 1.165) is 17.6 Å². The third kappa shape index (κ3) is 2.53. The highest BCUT2D eigenvalue weighted by atomic mass is 16.5. The van der Waals surface area contributed by atoms with Crippen molar-refractivity contribution < 1.29 is 9.84 Å². The van der Waals surface area contributed by atoms with E-state index in [1.165, 1.54) is 0 Å². The average molecular weight is 295 g/mol. The first-order valence-electron chi connectivity index (χ1n) is 7.09. The number of hydrogen-bond donors (Lipinski definition) is 1. The second-order valence-electron chi connectivity index (χ2n) is 4.83. The Morgan fingerprint density at radius 1 is 1.27 bits per heavy atom. The molecule has 0 saturated carbocycles. The van der Waals surface area contributed by atoms with Crippen molar-refractivity contribution in [3.05, 3.63) is 48.0 Å². The fraction of sp³-hybridized carbons (Fsp3) is 0.176. The number of para-hydroxylation sites is 2. The number of aromatic nitrogens is 2. The van der Waals surface area contributed by atoms with Gasteiger partial charge in [-0.1, -0.05) is 12.1 Å². The third-order valence-electron chi connectivity index (χ3n) is 3.51. The van der Waals surface area contributed by atoms with E-state index in [2.05, 4.69) is 16.9 Å². The largest absolute Gasteiger partial charge is 0.507 e. The highest BCUT2D eigenvalue weighted by Gasteiger charge is 2.07. The average Bonchev–Trinajstić information content (AvgIpc) is 2.91. The third-order valence-corrected chi connectivity index (χ3v) is 3.51. The van der Waals surface area contributed by atoms with Crippen molar-refractivity contribution in [2.24, 2.45) is 4.99 Å². The molecule has 3 aromatic rings. The van der Waals surface area contributed by atoms with Crippen LogP contribution in [0, 0.1) is 0 Å². The highest BCUT2D eigenvalue weighted by molar-refractivity contribution is 5.86. The summed E-state index contributed by atoms with van der Waals surface area (Å²) in [5.41, 5.74) is 2.59. The van der Waals surface area contributed by atoms with Gasteiger partial charge in [0.2, 0.25) is 5.95 Å². The van der Waals surface area contributed by atoms with Crippen molar-refractivity contribution in [2.45, 2.75) is 13.5 Å². The molecule has 0 radical (unpaired) electrons. The van der Waals surface area contributed by atoms with Gasteiger partial charge in [0.15, 0.2) is 0 Å². The molecule has 2 aromatic carbocycles. The zero-order valence-corrected chi connectivity index (χ0v) is 12.5. The van der Waals surface area contributed by atoms with Gasteiger partial charge in [0.05, 0.1) is 18.1 Å². The number of nitrogens with zero attached hydrogens (tertiary/aromatic N) is 3. The molecule has 0 fully saturated rings. The number of methoxy groups -OCH3 is 1. The number of hydrogen-bond acceptors (Lipinski definition) is 4. The number of benzene rings is 2. The number of aromatic hydroxyl groups is 1. The molecule has 1 aromatic heterocycles. The zero-order chi connectivity index (χ0) is 15.5. The van der Waals surface area contributed by atoms with E-state index in [1.54, 1.807) is 31.5 Å². The van der Waals surface area contributed by atoms with Gasteiger partial charge in [0.25, 0.3) is 0 Å². The van der Waals surface area contributed by atoms with E-state index in [1.807, 2.05) is 28.8 Å². The molecule has 0 aliphatic heterocycles. The molecule has 0 amide bonds. The summed E-state index contributed by atoms with van der Waals surface area (Å²) in [5.74, 6) is 1.36. The van der Waals surface area contributed by atoms with Gasteiger partial charge in [0.1, 0.15) is 11.5 Å². The minimum Gasteiger partial charge on any atom is -0.507 e. The van der Waals surface area contributed by atoms with Crippen LogP contribution in [0.4, 0.5) is 5.95 Å². The van der Waals surface area contributed by atoms with Crippen molar-refractivity contribution in [3.8, 4) is 11.5 Å². The lowest BCUT2D eigenvalue weighted by Crippen LogP contribution is -1.93. The Morgan fingerprint density at radius 2 is 2.09 bits per heavy atom. The summed E-state index contributed by atoms with van der Waals surface area (Å²) in [4.78, 5) is 8.95. The van der Waals surface area contributed by atoms with E-state index in [4.69, 9.17) is 4.74 Å². The van der Waals surface area contributed by atoms with E-state index < -0.39 is 0 Å². The standard InChI is InChI=1S/C17H17N3O2/c1-3-20-15-7-5-4-6-14(15)19-17(20)18-11-12-8-9-13(22-2)10-16(12)21/h4-11,21H,3H2,1-2H3. The van der Waals surface area contributed by atoms with Gasteiger partial charge in [-0.3, -0.25) is 0 Å². The number of imidazole rings is 1. The molecule has 5 heteroatoms. The Labute approximate surface area is 128 Å². The number of rotatable bonds is 4. The van der Waals surface area contributed by atoms with Crippen LogP contribution in [-0.4, -0.2) is 28.0 Å². The van der Waals surface area contributed by atoms with E-state index in [-0.39, 0.29) is 5.75 Å². The maximum Gasteiger partial charge on any atom is 0.230 e. The zero-order valence-electron chi connectivity index (χ0n) is 12.5. The predicted octanol–water partition coefficient (Wildman–Crippen LogP) is 3.52. The number of phenols is 1. The second kappa shape index (κ2) is 5.89. The van der Waals surface area contributed by atoms with Gasteiger partial charge in [-0.15, -0.1) is 0 Å². The summed E-state index contributed by atoms with van der Waals surface area (Å²) in [6.07, 6.45) is 1.61. The van der Waals surface area contributed by atoms with E-state index in [0.29, 0.717) is 17.3 Å². The van der Waals surface area contributed by atoms with Crippen molar-refractivity contribution in [2.75, 3.05) is 7.11 Å². The maximum atomic E-state index is 9.97. The Kier molecular flexibility index (Phi) is 3.78. The number of phenolic OH excluding ortho intramolecular Hbond substituents is 1. The first kappa shape index (κ1) is 14.1. The fourth-order valence-electron chi connectivity index (χ4n) is 2.36. The lowest BCUT2D eigenvalue weighted by Gasteiger charge is -2.03. The van der Waals surface area contributed by atoms with Gasteiger partial charge < -0.3 is 14.4 Å². The molecule has 0 unspecified atom stereocenters. The summed E-state index contributed by atoms with van der Waals surface area (Å²) < 4.78 is 7.10. The minimum atomic E-state index is 0.127. The molecule has 112 valence electrons. The fourth-order valence-corrected chi connectivity index (χ4v) is 2.36. The highest BCUT2D eigenvalue weighted by Crippen LogP contribution is 2.24. The quantitative estimate of drug-likeness (QED) is 0.749. The summed E-state index contributed by atoms with van der Waals surface area (Å²) in [6.45, 7) is 2.83. The molecule has 0 saturated heterocycles. The van der Waals surface area contributed by atoms with Crippen LogP contribution in [0.15, 0.2) is 47.5 Å². The molecule has 0 aliphatic carbocycles. The SMILES string of the molecule is CCn1c(N=Cc2ccc(OC)cc2O)nc2ccccc21. The van der Waals surface area contributed by atoms with Crippen LogP contribution in [-0.2, 0) is 6.54 Å². The van der Waals surface area contributed by atoms with Crippen LogP contribution in [0.1, 0.15) is 12.5 Å². The van der Waals surface area contributed by atoms with Gasteiger partial charge in [0, 0.05) is 24.4 Å². The lowest BCUT2D eigenvalue weighted by atomic mass is 10.2. The molecule has 0 aliphatic rings. The summed E-state index contributed by atoms with van der Waals surface area (Å²) in [6, 6.07) is 13.0. The molecule has 0 atom stereocenters. The van der Waals surface area contributed by atoms with Crippen molar-refractivity contribution in [1.82, 2.24) is 9.55 Å². The molecule has 1 N–H and O–H groups in total. The van der Waals surface area contributed by atoms with Crippen LogP contribution in [0.2, 0.25) is 0 Å². The molecular weight excluding hydrogens is 278 g/mol. The van der Waals surface area contributed by atoms with Crippen molar-refractivity contribution >= 4 is 23.2 Å². The Bertz CT molecular complexity index is 837. The summed E-state index contributed by atoms with van der Waals surface area (Å²) >= 11 is 0. The number of ether oxygens (including phenoxy) is 1. The molecule has 0 spiro atoms. The Hall–Kier alpha value is -2.82. The van der Waals surface area contributed by atoms with Crippen LogP contribution in [0.3, 0.4) is 0 Å². The number of aryl methyl sites for hydroxylation is 1. The van der Waals surface area contributed by atoms with Crippen LogP contribution in [0.5, 0.6) is 11.5 Å². The normalized spacial score (nSPS) is 11.4. The smallest absolute Gasteiger partial charge is 0.230 e. The number of fused-ring (bicyclic) bond motifs is 1.